The largest absolute Gasteiger partial charge is 0.478 e. The third kappa shape index (κ3) is 2.67. The highest BCUT2D eigenvalue weighted by molar-refractivity contribution is 6.06. The summed E-state index contributed by atoms with van der Waals surface area (Å²) in [5.74, 6) is -6.74. The first-order chi connectivity index (χ1) is 11.8. The summed E-state index contributed by atoms with van der Waals surface area (Å²) in [6.07, 6.45) is 2.98. The van der Waals surface area contributed by atoms with Crippen LogP contribution in [-0.4, -0.2) is 28.7 Å². The Hall–Kier alpha value is -2.78. The normalized spacial score (nSPS) is 19.6. The van der Waals surface area contributed by atoms with Crippen LogP contribution in [0.2, 0.25) is 0 Å². The molecule has 1 fully saturated rings. The summed E-state index contributed by atoms with van der Waals surface area (Å²) < 4.78 is 43.1. The maximum absolute atomic E-state index is 14.7. The van der Waals surface area contributed by atoms with Gasteiger partial charge in [-0.05, 0) is 31.7 Å². The Bertz CT molecular complexity index is 803. The van der Waals surface area contributed by atoms with E-state index >= 15 is 0 Å². The van der Waals surface area contributed by atoms with Gasteiger partial charge in [0, 0.05) is 0 Å². The fourth-order valence-electron chi connectivity index (χ4n) is 3.39. The molecule has 1 aliphatic carbocycles. The molecule has 0 amide bonds. The minimum Gasteiger partial charge on any atom is -0.478 e. The molecule has 0 atom stereocenters. The van der Waals surface area contributed by atoms with Gasteiger partial charge in [0.2, 0.25) is 11.9 Å². The summed E-state index contributed by atoms with van der Waals surface area (Å²) in [5.41, 5.74) is 8.34. The fraction of sp³-hybridized carbons (Fsp3) is 0.400. The Morgan fingerprint density at radius 2 is 1.80 bits per heavy atom. The number of rotatable bonds is 2. The van der Waals surface area contributed by atoms with E-state index in [0.717, 1.165) is 11.3 Å². The Balaban J connectivity index is 2.26. The Labute approximate surface area is 140 Å². The van der Waals surface area contributed by atoms with Crippen LogP contribution in [0.1, 0.15) is 42.5 Å². The van der Waals surface area contributed by atoms with Crippen LogP contribution in [0.3, 0.4) is 0 Å². The molecule has 7 nitrogen and oxygen atoms in total. The number of hydrogen-bond donors (Lipinski definition) is 3. The molecule has 1 heterocycles. The van der Waals surface area contributed by atoms with E-state index in [1.165, 1.54) is 0 Å². The lowest BCUT2D eigenvalue weighted by atomic mass is 9.87. The first-order valence-corrected chi connectivity index (χ1v) is 7.67. The zero-order valence-corrected chi connectivity index (χ0v) is 13.1. The maximum Gasteiger partial charge on any atom is 0.338 e. The minimum absolute atomic E-state index is 0.147. The number of benzene rings is 1. The number of nitrogens with two attached hydrogens (primary N) is 2. The highest BCUT2D eigenvalue weighted by Crippen LogP contribution is 2.42. The van der Waals surface area contributed by atoms with Crippen LogP contribution in [0.25, 0.3) is 0 Å². The van der Waals surface area contributed by atoms with Gasteiger partial charge in [0.25, 0.3) is 0 Å². The second-order valence-corrected chi connectivity index (χ2v) is 6.01. The third-order valence-corrected chi connectivity index (χ3v) is 4.44. The van der Waals surface area contributed by atoms with E-state index in [0.29, 0.717) is 31.7 Å². The quantitative estimate of drug-likeness (QED) is 0.701. The van der Waals surface area contributed by atoms with Crippen LogP contribution in [0, 0.1) is 17.5 Å². The van der Waals surface area contributed by atoms with Crippen LogP contribution in [-0.2, 0) is 0 Å². The van der Waals surface area contributed by atoms with Gasteiger partial charge >= 0.3 is 5.97 Å². The molecule has 0 radical (unpaired) electrons. The molecule has 134 valence electrons. The monoisotopic (exact) mass is 355 g/mol. The van der Waals surface area contributed by atoms with Gasteiger partial charge in [-0.15, -0.1) is 0 Å². The second-order valence-electron chi connectivity index (χ2n) is 6.01. The van der Waals surface area contributed by atoms with Crippen LogP contribution < -0.4 is 16.4 Å². The molecule has 25 heavy (non-hydrogen) atoms. The van der Waals surface area contributed by atoms with Gasteiger partial charge in [0.05, 0.1) is 0 Å². The zero-order valence-electron chi connectivity index (χ0n) is 13.1. The molecule has 2 aliphatic rings. The lowest BCUT2D eigenvalue weighted by molar-refractivity contribution is 0.0691. The van der Waals surface area contributed by atoms with Crippen molar-refractivity contribution in [3.63, 3.8) is 0 Å². The van der Waals surface area contributed by atoms with Crippen LogP contribution in [0.4, 0.5) is 18.9 Å². The van der Waals surface area contributed by atoms with Crippen molar-refractivity contribution in [2.75, 3.05) is 4.90 Å². The molecule has 0 saturated heterocycles. The number of nitrogens with zero attached hydrogens (tertiary/aromatic N) is 3. The van der Waals surface area contributed by atoms with Crippen molar-refractivity contribution in [2.45, 2.75) is 37.8 Å². The van der Waals surface area contributed by atoms with Crippen LogP contribution >= 0.6 is 0 Å². The summed E-state index contributed by atoms with van der Waals surface area (Å²) in [7, 11) is 0. The number of carboxylic acids is 1. The Kier molecular flexibility index (Phi) is 4.05. The third-order valence-electron chi connectivity index (χ3n) is 4.44. The molecule has 1 aromatic carbocycles. The van der Waals surface area contributed by atoms with Crippen molar-refractivity contribution in [1.82, 2.24) is 0 Å². The molecular weight excluding hydrogens is 339 g/mol. The van der Waals surface area contributed by atoms with Gasteiger partial charge in [-0.2, -0.15) is 4.99 Å². The van der Waals surface area contributed by atoms with Crippen molar-refractivity contribution in [3.8, 4) is 0 Å². The predicted octanol–water partition coefficient (Wildman–Crippen LogP) is 1.91. The van der Waals surface area contributed by atoms with Crippen molar-refractivity contribution >= 4 is 23.6 Å². The fourth-order valence-corrected chi connectivity index (χ4v) is 3.39. The van der Waals surface area contributed by atoms with Gasteiger partial charge in [0.1, 0.15) is 16.9 Å². The van der Waals surface area contributed by atoms with Crippen molar-refractivity contribution < 1.29 is 23.1 Å². The average molecular weight is 355 g/mol. The molecule has 1 saturated carbocycles. The van der Waals surface area contributed by atoms with Gasteiger partial charge in [-0.1, -0.05) is 6.42 Å². The van der Waals surface area contributed by atoms with E-state index in [1.54, 1.807) is 0 Å². The Morgan fingerprint density at radius 3 is 2.40 bits per heavy atom. The van der Waals surface area contributed by atoms with E-state index in [2.05, 4.69) is 9.98 Å². The second kappa shape index (κ2) is 5.94. The maximum atomic E-state index is 14.7. The molecule has 0 unspecified atom stereocenters. The highest BCUT2D eigenvalue weighted by atomic mass is 19.2. The molecule has 1 aromatic rings. The average Bonchev–Trinajstić information content (AvgIpc) is 2.53. The summed E-state index contributed by atoms with van der Waals surface area (Å²) in [5, 5.41) is 9.06. The molecule has 5 N–H and O–H groups in total. The van der Waals surface area contributed by atoms with E-state index in [9.17, 15) is 18.0 Å². The van der Waals surface area contributed by atoms with E-state index in [4.69, 9.17) is 16.6 Å². The van der Waals surface area contributed by atoms with Gasteiger partial charge in [-0.25, -0.2) is 23.0 Å². The SMILES string of the molecule is NC1=NC2(CCCCC2)N(c2c(F)c(F)cc(C(=O)O)c2F)C(N)=N1. The van der Waals surface area contributed by atoms with E-state index in [1.807, 2.05) is 0 Å². The summed E-state index contributed by atoms with van der Waals surface area (Å²) in [6, 6.07) is 0.291. The van der Waals surface area contributed by atoms with Gasteiger partial charge in [0.15, 0.2) is 17.5 Å². The minimum atomic E-state index is -1.73. The van der Waals surface area contributed by atoms with Gasteiger partial charge < -0.3 is 16.6 Å². The molecule has 0 bridgehead atoms. The topological polar surface area (TPSA) is 117 Å². The number of guanidine groups is 2. The molecule has 1 aliphatic heterocycles. The van der Waals surface area contributed by atoms with E-state index < -0.39 is 40.3 Å². The number of halogens is 3. The number of carboxylic acid groups (broad SMARTS) is 1. The zero-order chi connectivity index (χ0) is 18.4. The molecule has 3 rings (SSSR count). The standard InChI is InChI=1S/C15H16F3N5O2/c16-8-6-7(12(24)25)9(17)11(10(8)18)23-14(20)21-13(19)22-15(23)4-2-1-3-5-15/h6H,1-5H2,(H,24,25)(H4,19,20,21,22). The smallest absolute Gasteiger partial charge is 0.338 e. The number of hydrogen-bond acceptors (Lipinski definition) is 6. The number of carbonyl (C=O) groups is 1. The predicted molar refractivity (Wildman–Crippen MR) is 84.8 cm³/mol. The van der Waals surface area contributed by atoms with Crippen molar-refractivity contribution in [1.29, 1.82) is 0 Å². The highest BCUT2D eigenvalue weighted by Gasteiger charge is 2.45. The molecular formula is C15H16F3N5O2. The summed E-state index contributed by atoms with van der Waals surface area (Å²) in [4.78, 5) is 20.0. The summed E-state index contributed by atoms with van der Waals surface area (Å²) >= 11 is 0. The van der Waals surface area contributed by atoms with E-state index in [-0.39, 0.29) is 11.9 Å². The van der Waals surface area contributed by atoms with Crippen LogP contribution in [0.15, 0.2) is 16.1 Å². The van der Waals surface area contributed by atoms with Gasteiger partial charge in [-0.3, -0.25) is 4.90 Å². The molecule has 0 aromatic heterocycles. The first kappa shape index (κ1) is 17.1. The number of anilines is 1. The Morgan fingerprint density at radius 1 is 1.16 bits per heavy atom. The summed E-state index contributed by atoms with van der Waals surface area (Å²) in [6.45, 7) is 0. The van der Waals surface area contributed by atoms with Crippen molar-refractivity contribution in [3.05, 3.63) is 29.1 Å². The molecule has 1 spiro atoms. The number of aliphatic imine (C=N–C) groups is 2. The lowest BCUT2D eigenvalue weighted by Gasteiger charge is -2.45. The molecule has 10 heteroatoms. The van der Waals surface area contributed by atoms with Crippen LogP contribution in [0.5, 0.6) is 0 Å². The lowest BCUT2D eigenvalue weighted by Crippen LogP contribution is -2.59. The van der Waals surface area contributed by atoms with Crippen molar-refractivity contribution in [2.24, 2.45) is 21.5 Å². The first-order valence-electron chi connectivity index (χ1n) is 7.67. The number of aromatic carboxylic acids is 1.